The van der Waals surface area contributed by atoms with E-state index in [2.05, 4.69) is 6.07 Å². The van der Waals surface area contributed by atoms with Crippen LogP contribution in [-0.4, -0.2) is 5.11 Å². The third-order valence-corrected chi connectivity index (χ3v) is 3.48. The van der Waals surface area contributed by atoms with Crippen LogP contribution in [0.2, 0.25) is 0 Å². The maximum absolute atomic E-state index is 9.35. The molecule has 1 aliphatic carbocycles. The van der Waals surface area contributed by atoms with Crippen molar-refractivity contribution in [2.24, 2.45) is 5.92 Å². The molecular formula is C14H20O. The topological polar surface area (TPSA) is 20.2 Å². The second-order valence-corrected chi connectivity index (χ2v) is 4.71. The lowest BCUT2D eigenvalue weighted by Crippen LogP contribution is -2.07. The molecule has 0 amide bonds. The van der Waals surface area contributed by atoms with E-state index >= 15 is 0 Å². The van der Waals surface area contributed by atoms with Crippen molar-refractivity contribution >= 4 is 0 Å². The Morgan fingerprint density at radius 3 is 2.67 bits per heavy atom. The Morgan fingerprint density at radius 1 is 1.13 bits per heavy atom. The smallest absolute Gasteiger partial charge is 0.115 e. The summed E-state index contributed by atoms with van der Waals surface area (Å²) in [4.78, 5) is 0. The molecule has 0 aliphatic heterocycles. The van der Waals surface area contributed by atoms with Gasteiger partial charge in [0.1, 0.15) is 5.75 Å². The third-order valence-electron chi connectivity index (χ3n) is 3.48. The number of rotatable bonds is 3. The number of phenols is 1. The van der Waals surface area contributed by atoms with Crippen LogP contribution in [0.5, 0.6) is 5.75 Å². The van der Waals surface area contributed by atoms with Crippen molar-refractivity contribution in [1.29, 1.82) is 0 Å². The Bertz CT molecular complexity index is 300. The van der Waals surface area contributed by atoms with E-state index in [0.29, 0.717) is 5.75 Å². The molecular weight excluding hydrogens is 184 g/mol. The Kier molecular flexibility index (Phi) is 3.65. The van der Waals surface area contributed by atoms with E-state index in [-0.39, 0.29) is 0 Å². The van der Waals surface area contributed by atoms with Crippen molar-refractivity contribution in [2.75, 3.05) is 0 Å². The highest BCUT2D eigenvalue weighted by Crippen LogP contribution is 2.27. The van der Waals surface area contributed by atoms with E-state index < -0.39 is 0 Å². The highest BCUT2D eigenvalue weighted by Gasteiger charge is 2.12. The molecule has 15 heavy (non-hydrogen) atoms. The van der Waals surface area contributed by atoms with Crippen LogP contribution >= 0.6 is 0 Å². The van der Waals surface area contributed by atoms with E-state index in [4.69, 9.17) is 0 Å². The predicted molar refractivity (Wildman–Crippen MR) is 63.0 cm³/mol. The molecule has 1 aromatic rings. The lowest BCUT2D eigenvalue weighted by atomic mass is 9.85. The Hall–Kier alpha value is -0.980. The zero-order valence-electron chi connectivity index (χ0n) is 9.28. The molecule has 0 spiro atoms. The predicted octanol–water partition coefficient (Wildman–Crippen LogP) is 3.91. The van der Waals surface area contributed by atoms with Crippen molar-refractivity contribution in [3.63, 3.8) is 0 Å². The summed E-state index contributed by atoms with van der Waals surface area (Å²) in [5.74, 6) is 1.33. The van der Waals surface area contributed by atoms with Crippen LogP contribution in [0.3, 0.4) is 0 Å². The first kappa shape index (κ1) is 10.5. The fourth-order valence-electron chi connectivity index (χ4n) is 2.56. The van der Waals surface area contributed by atoms with E-state index in [9.17, 15) is 5.11 Å². The average molecular weight is 204 g/mol. The molecule has 1 fully saturated rings. The zero-order chi connectivity index (χ0) is 10.5. The van der Waals surface area contributed by atoms with Gasteiger partial charge in [0, 0.05) is 0 Å². The summed E-state index contributed by atoms with van der Waals surface area (Å²) in [6.07, 6.45) is 9.53. The summed E-state index contributed by atoms with van der Waals surface area (Å²) >= 11 is 0. The van der Waals surface area contributed by atoms with E-state index in [1.165, 1.54) is 44.1 Å². The molecule has 82 valence electrons. The molecule has 0 aromatic heterocycles. The van der Waals surface area contributed by atoms with Crippen molar-refractivity contribution in [1.82, 2.24) is 0 Å². The van der Waals surface area contributed by atoms with Gasteiger partial charge >= 0.3 is 0 Å². The van der Waals surface area contributed by atoms with Crippen molar-refractivity contribution in [3.05, 3.63) is 29.8 Å². The van der Waals surface area contributed by atoms with E-state index in [1.807, 2.05) is 12.1 Å². The number of phenolic OH excluding ortho intramolecular Hbond substituents is 1. The van der Waals surface area contributed by atoms with Gasteiger partial charge in [0.05, 0.1) is 0 Å². The lowest BCUT2D eigenvalue weighted by Gasteiger charge is -2.21. The lowest BCUT2D eigenvalue weighted by molar-refractivity contribution is 0.339. The maximum Gasteiger partial charge on any atom is 0.115 e. The summed E-state index contributed by atoms with van der Waals surface area (Å²) in [5, 5.41) is 9.35. The van der Waals surface area contributed by atoms with Gasteiger partial charge in [0.15, 0.2) is 0 Å². The van der Waals surface area contributed by atoms with Crippen LogP contribution in [0.1, 0.15) is 44.1 Å². The number of benzene rings is 1. The van der Waals surface area contributed by atoms with Crippen LogP contribution < -0.4 is 0 Å². The van der Waals surface area contributed by atoms with Gasteiger partial charge in [-0.3, -0.25) is 0 Å². The average Bonchev–Trinajstić information content (AvgIpc) is 2.28. The molecule has 0 unspecified atom stereocenters. The molecule has 0 saturated heterocycles. The molecule has 0 heterocycles. The van der Waals surface area contributed by atoms with Gasteiger partial charge in [-0.15, -0.1) is 0 Å². The van der Waals surface area contributed by atoms with Crippen LogP contribution in [0.15, 0.2) is 24.3 Å². The number of hydrogen-bond acceptors (Lipinski definition) is 1. The molecule has 1 heteroatoms. The van der Waals surface area contributed by atoms with Crippen molar-refractivity contribution < 1.29 is 5.11 Å². The number of aryl methyl sites for hydroxylation is 1. The van der Waals surface area contributed by atoms with Gasteiger partial charge in [0.2, 0.25) is 0 Å². The standard InChI is InChI=1S/C14H20O/c15-14-8-4-7-13(11-14)10-9-12-5-2-1-3-6-12/h4,7-8,11-12,15H,1-3,5-6,9-10H2. The monoisotopic (exact) mass is 204 g/mol. The molecule has 1 N–H and O–H groups in total. The summed E-state index contributed by atoms with van der Waals surface area (Å²) in [6.45, 7) is 0. The quantitative estimate of drug-likeness (QED) is 0.791. The molecule has 0 bridgehead atoms. The second-order valence-electron chi connectivity index (χ2n) is 4.71. The van der Waals surface area contributed by atoms with Crippen LogP contribution in [-0.2, 0) is 6.42 Å². The van der Waals surface area contributed by atoms with Crippen molar-refractivity contribution in [2.45, 2.75) is 44.9 Å². The zero-order valence-corrected chi connectivity index (χ0v) is 9.28. The third kappa shape index (κ3) is 3.26. The highest BCUT2D eigenvalue weighted by atomic mass is 16.3. The summed E-state index contributed by atoms with van der Waals surface area (Å²) in [5.41, 5.74) is 1.28. The molecule has 1 nitrogen and oxygen atoms in total. The highest BCUT2D eigenvalue weighted by molar-refractivity contribution is 5.27. The molecule has 0 radical (unpaired) electrons. The Balaban J connectivity index is 1.81. The Morgan fingerprint density at radius 2 is 1.93 bits per heavy atom. The minimum atomic E-state index is 0.399. The first-order valence-electron chi connectivity index (χ1n) is 6.12. The largest absolute Gasteiger partial charge is 0.508 e. The van der Waals surface area contributed by atoms with Crippen molar-refractivity contribution in [3.8, 4) is 5.75 Å². The normalized spacial score (nSPS) is 17.9. The van der Waals surface area contributed by atoms with Gasteiger partial charge in [-0.2, -0.15) is 0 Å². The van der Waals surface area contributed by atoms with Crippen LogP contribution in [0.25, 0.3) is 0 Å². The van der Waals surface area contributed by atoms with E-state index in [0.717, 1.165) is 12.3 Å². The first-order valence-corrected chi connectivity index (χ1v) is 6.12. The Labute approximate surface area is 92.1 Å². The van der Waals surface area contributed by atoms with Gasteiger partial charge < -0.3 is 5.11 Å². The van der Waals surface area contributed by atoms with Gasteiger partial charge in [-0.25, -0.2) is 0 Å². The molecule has 0 atom stereocenters. The number of hydrogen-bond donors (Lipinski definition) is 1. The number of aromatic hydroxyl groups is 1. The summed E-state index contributed by atoms with van der Waals surface area (Å²) < 4.78 is 0. The summed E-state index contributed by atoms with van der Waals surface area (Å²) in [7, 11) is 0. The minimum Gasteiger partial charge on any atom is -0.508 e. The SMILES string of the molecule is Oc1cccc(CCC2CCCCC2)c1. The minimum absolute atomic E-state index is 0.399. The van der Waals surface area contributed by atoms with Crippen LogP contribution in [0, 0.1) is 5.92 Å². The molecule has 2 rings (SSSR count). The van der Waals surface area contributed by atoms with Gasteiger partial charge in [0.25, 0.3) is 0 Å². The van der Waals surface area contributed by atoms with E-state index in [1.54, 1.807) is 6.07 Å². The molecule has 1 aliphatic rings. The maximum atomic E-state index is 9.35. The van der Waals surface area contributed by atoms with Crippen LogP contribution in [0.4, 0.5) is 0 Å². The fourth-order valence-corrected chi connectivity index (χ4v) is 2.56. The van der Waals surface area contributed by atoms with Gasteiger partial charge in [-0.05, 0) is 36.5 Å². The molecule has 1 aromatic carbocycles. The second kappa shape index (κ2) is 5.20. The van der Waals surface area contributed by atoms with Gasteiger partial charge in [-0.1, -0.05) is 44.2 Å². The molecule has 1 saturated carbocycles. The summed E-state index contributed by atoms with van der Waals surface area (Å²) in [6, 6.07) is 7.68. The first-order chi connectivity index (χ1) is 7.34. The fraction of sp³-hybridized carbons (Fsp3) is 0.571.